The smallest absolute Gasteiger partial charge is 0.220 e. The lowest BCUT2D eigenvalue weighted by Gasteiger charge is -2.19. The summed E-state index contributed by atoms with van der Waals surface area (Å²) in [4.78, 5) is 12.4. The number of unbranched alkanes of at least 4 members (excludes halogenated alkanes) is 14. The largest absolute Gasteiger partial charge is 0.353 e. The first-order valence-electron chi connectivity index (χ1n) is 12.7. The lowest BCUT2D eigenvalue weighted by Crippen LogP contribution is -2.34. The molecule has 3 heteroatoms. The van der Waals surface area contributed by atoms with Crippen molar-refractivity contribution in [2.45, 2.75) is 148 Å². The Kier molecular flexibility index (Phi) is 22.3. The fourth-order valence-corrected chi connectivity index (χ4v) is 3.89. The molecule has 0 bridgehead atoms. The van der Waals surface area contributed by atoms with E-state index >= 15 is 0 Å². The summed E-state index contributed by atoms with van der Waals surface area (Å²) in [5.41, 5.74) is 5.53. The molecule has 0 rings (SSSR count). The van der Waals surface area contributed by atoms with Crippen LogP contribution in [0.1, 0.15) is 142 Å². The average molecular weight is 397 g/mol. The van der Waals surface area contributed by atoms with E-state index in [9.17, 15) is 4.79 Å². The number of hydrogen-bond donors (Lipinski definition) is 2. The first-order valence-corrected chi connectivity index (χ1v) is 12.7. The molecule has 0 aliphatic rings. The Morgan fingerprint density at radius 1 is 0.643 bits per heavy atom. The molecule has 168 valence electrons. The van der Waals surface area contributed by atoms with E-state index in [0.29, 0.717) is 12.5 Å². The van der Waals surface area contributed by atoms with E-state index in [2.05, 4.69) is 19.2 Å². The van der Waals surface area contributed by atoms with E-state index in [1.165, 1.54) is 103 Å². The Bertz CT molecular complexity index is 304. The van der Waals surface area contributed by atoms with Gasteiger partial charge in [0.15, 0.2) is 0 Å². The molecule has 0 fully saturated rings. The Morgan fingerprint density at radius 3 is 1.57 bits per heavy atom. The van der Waals surface area contributed by atoms with Gasteiger partial charge in [-0.15, -0.1) is 0 Å². The molecule has 0 spiro atoms. The van der Waals surface area contributed by atoms with Gasteiger partial charge in [-0.05, 0) is 32.2 Å². The second kappa shape index (κ2) is 22.7. The predicted molar refractivity (Wildman–Crippen MR) is 125 cm³/mol. The van der Waals surface area contributed by atoms with Gasteiger partial charge in [0.1, 0.15) is 0 Å². The third-order valence-corrected chi connectivity index (χ3v) is 5.79. The molecule has 0 aromatic carbocycles. The molecule has 0 aromatic rings. The number of nitrogens with one attached hydrogen (secondary N) is 1. The highest BCUT2D eigenvalue weighted by Crippen LogP contribution is 2.15. The van der Waals surface area contributed by atoms with Gasteiger partial charge < -0.3 is 11.1 Å². The van der Waals surface area contributed by atoms with Gasteiger partial charge in [0.2, 0.25) is 5.91 Å². The zero-order chi connectivity index (χ0) is 20.7. The van der Waals surface area contributed by atoms with Crippen molar-refractivity contribution in [3.63, 3.8) is 0 Å². The number of carbonyl (C=O) groups excluding carboxylic acids is 1. The molecule has 0 unspecified atom stereocenters. The Labute approximate surface area is 177 Å². The normalized spacial score (nSPS) is 11.3. The van der Waals surface area contributed by atoms with Crippen LogP contribution in [0.5, 0.6) is 0 Å². The first-order chi connectivity index (χ1) is 13.7. The monoisotopic (exact) mass is 396 g/mol. The number of rotatable bonds is 22. The van der Waals surface area contributed by atoms with Gasteiger partial charge in [-0.1, -0.05) is 110 Å². The number of nitrogens with two attached hydrogens (primary N) is 1. The molecule has 0 radical (unpaired) electrons. The van der Waals surface area contributed by atoms with Crippen molar-refractivity contribution >= 4 is 5.91 Å². The lowest BCUT2D eigenvalue weighted by molar-refractivity contribution is -0.122. The standard InChI is InChI=1S/C25H52N2O/c1-3-5-7-9-12-16-20-24(21-17-13-10-8-6-4-2)27-25(28)22-18-14-11-15-19-23-26/h24H,3-23,26H2,1-2H3,(H,27,28). The number of hydrogen-bond acceptors (Lipinski definition) is 2. The van der Waals surface area contributed by atoms with Crippen LogP contribution in [0.4, 0.5) is 0 Å². The number of carbonyl (C=O) groups is 1. The average Bonchev–Trinajstić information content (AvgIpc) is 2.69. The van der Waals surface area contributed by atoms with Crippen LogP contribution in [0, 0.1) is 0 Å². The van der Waals surface area contributed by atoms with Crippen molar-refractivity contribution in [3.8, 4) is 0 Å². The summed E-state index contributed by atoms with van der Waals surface area (Å²) in [6.07, 6.45) is 24.7. The van der Waals surface area contributed by atoms with Crippen LogP contribution >= 0.6 is 0 Å². The van der Waals surface area contributed by atoms with Crippen molar-refractivity contribution in [2.75, 3.05) is 6.54 Å². The molecule has 0 heterocycles. The minimum atomic E-state index is 0.279. The van der Waals surface area contributed by atoms with Crippen LogP contribution in [-0.2, 0) is 4.79 Å². The lowest BCUT2D eigenvalue weighted by atomic mass is 9.99. The third kappa shape index (κ3) is 20.2. The van der Waals surface area contributed by atoms with Gasteiger partial charge in [-0.25, -0.2) is 0 Å². The molecule has 1 amide bonds. The molecule has 0 aromatic heterocycles. The van der Waals surface area contributed by atoms with Crippen LogP contribution < -0.4 is 11.1 Å². The molecule has 0 atom stereocenters. The summed E-state index contributed by atoms with van der Waals surface area (Å²) in [5.74, 6) is 0.279. The summed E-state index contributed by atoms with van der Waals surface area (Å²) in [6, 6.07) is 0.405. The fraction of sp³-hybridized carbons (Fsp3) is 0.960. The molecular formula is C25H52N2O. The van der Waals surface area contributed by atoms with E-state index in [4.69, 9.17) is 5.73 Å². The van der Waals surface area contributed by atoms with Crippen LogP contribution in [0.2, 0.25) is 0 Å². The number of amides is 1. The van der Waals surface area contributed by atoms with E-state index < -0.39 is 0 Å². The SMILES string of the molecule is CCCCCCCCC(CCCCCCCC)NC(=O)CCCCCCCN. The molecule has 0 saturated carbocycles. The van der Waals surface area contributed by atoms with Crippen LogP contribution in [0.3, 0.4) is 0 Å². The zero-order valence-corrected chi connectivity index (χ0v) is 19.4. The van der Waals surface area contributed by atoms with Crippen LogP contribution in [0.15, 0.2) is 0 Å². The van der Waals surface area contributed by atoms with Crippen LogP contribution in [-0.4, -0.2) is 18.5 Å². The van der Waals surface area contributed by atoms with Crippen molar-refractivity contribution < 1.29 is 4.79 Å². The molecule has 3 nitrogen and oxygen atoms in total. The minimum Gasteiger partial charge on any atom is -0.353 e. The Balaban J connectivity index is 3.99. The van der Waals surface area contributed by atoms with Crippen molar-refractivity contribution in [3.05, 3.63) is 0 Å². The van der Waals surface area contributed by atoms with Crippen molar-refractivity contribution in [1.29, 1.82) is 0 Å². The maximum absolute atomic E-state index is 12.4. The second-order valence-electron chi connectivity index (χ2n) is 8.68. The quantitative estimate of drug-likeness (QED) is 0.189. The Hall–Kier alpha value is -0.570. The van der Waals surface area contributed by atoms with Gasteiger partial charge in [0, 0.05) is 12.5 Å². The van der Waals surface area contributed by atoms with E-state index in [1.54, 1.807) is 0 Å². The summed E-state index contributed by atoms with van der Waals surface area (Å²) >= 11 is 0. The van der Waals surface area contributed by atoms with E-state index in [0.717, 1.165) is 25.8 Å². The van der Waals surface area contributed by atoms with E-state index in [-0.39, 0.29) is 5.91 Å². The predicted octanol–water partition coefficient (Wildman–Crippen LogP) is 7.27. The molecule has 0 aliphatic heterocycles. The van der Waals surface area contributed by atoms with Crippen LogP contribution in [0.25, 0.3) is 0 Å². The second-order valence-corrected chi connectivity index (χ2v) is 8.68. The fourth-order valence-electron chi connectivity index (χ4n) is 3.89. The molecule has 0 aliphatic carbocycles. The molecular weight excluding hydrogens is 344 g/mol. The van der Waals surface area contributed by atoms with E-state index in [1.807, 2.05) is 0 Å². The summed E-state index contributed by atoms with van der Waals surface area (Å²) in [5, 5.41) is 3.36. The van der Waals surface area contributed by atoms with Crippen molar-refractivity contribution in [1.82, 2.24) is 5.32 Å². The summed E-state index contributed by atoms with van der Waals surface area (Å²) in [7, 11) is 0. The van der Waals surface area contributed by atoms with Gasteiger partial charge in [-0.3, -0.25) is 4.79 Å². The first kappa shape index (κ1) is 27.4. The molecule has 0 saturated heterocycles. The molecule has 28 heavy (non-hydrogen) atoms. The summed E-state index contributed by atoms with van der Waals surface area (Å²) in [6.45, 7) is 5.33. The Morgan fingerprint density at radius 2 is 1.07 bits per heavy atom. The van der Waals surface area contributed by atoms with Gasteiger partial charge >= 0.3 is 0 Å². The summed E-state index contributed by atoms with van der Waals surface area (Å²) < 4.78 is 0. The van der Waals surface area contributed by atoms with Crippen molar-refractivity contribution in [2.24, 2.45) is 5.73 Å². The third-order valence-electron chi connectivity index (χ3n) is 5.79. The highest BCUT2D eigenvalue weighted by Gasteiger charge is 2.12. The van der Waals surface area contributed by atoms with Gasteiger partial charge in [-0.2, -0.15) is 0 Å². The minimum absolute atomic E-state index is 0.279. The van der Waals surface area contributed by atoms with Gasteiger partial charge in [0.05, 0.1) is 0 Å². The zero-order valence-electron chi connectivity index (χ0n) is 19.4. The molecule has 3 N–H and O–H groups in total. The maximum atomic E-state index is 12.4. The topological polar surface area (TPSA) is 55.1 Å². The highest BCUT2D eigenvalue weighted by atomic mass is 16.1. The van der Waals surface area contributed by atoms with Gasteiger partial charge in [0.25, 0.3) is 0 Å². The maximum Gasteiger partial charge on any atom is 0.220 e. The highest BCUT2D eigenvalue weighted by molar-refractivity contribution is 5.76.